The quantitative estimate of drug-likeness (QED) is 0.442. The number of hydrogen-bond donors (Lipinski definition) is 3. The number of aromatic nitrogens is 1. The molecule has 1 fully saturated rings. The molecule has 0 aromatic carbocycles. The number of likely N-dealkylation sites (tertiary alicyclic amines) is 1. The van der Waals surface area contributed by atoms with Gasteiger partial charge in [0.1, 0.15) is 6.61 Å². The third-order valence-electron chi connectivity index (χ3n) is 4.36. The summed E-state index contributed by atoms with van der Waals surface area (Å²) in [6, 6.07) is 3.73. The average molecular weight is 422 g/mol. The first-order chi connectivity index (χ1) is 14.2. The van der Waals surface area contributed by atoms with Crippen LogP contribution >= 0.6 is 0 Å². The van der Waals surface area contributed by atoms with Gasteiger partial charge in [0.15, 0.2) is 0 Å². The van der Waals surface area contributed by atoms with Gasteiger partial charge < -0.3 is 25.3 Å². The van der Waals surface area contributed by atoms with Gasteiger partial charge >= 0.3 is 11.9 Å². The molecule has 166 valence electrons. The Bertz CT molecular complexity index is 701. The molecule has 3 N–H and O–H groups in total. The number of nitrogens with zero attached hydrogens (tertiary/aromatic N) is 3. The monoisotopic (exact) mass is 422 g/mol. The van der Waals surface area contributed by atoms with E-state index in [1.54, 1.807) is 12.4 Å². The molecule has 1 atom stereocenters. The van der Waals surface area contributed by atoms with Crippen LogP contribution in [0.15, 0.2) is 29.7 Å². The number of piperidine rings is 1. The highest BCUT2D eigenvalue weighted by Crippen LogP contribution is 2.13. The fourth-order valence-corrected chi connectivity index (χ4v) is 2.79. The molecule has 0 spiro atoms. The van der Waals surface area contributed by atoms with Gasteiger partial charge in [-0.25, -0.2) is 9.59 Å². The standard InChI is InChI=1S/C18H28N4O2.C2H2O4/c1-14(2)12-17(19-3)18(23)22-10-6-16(7-11-22)21-24-13-15-4-8-20-9-5-15;3-1(4)2(5)6/h4-5,8-9,14,17,19H,6-7,10-13H2,1-3H3;(H,3,4)(H,5,6)/t17-;/m0./s1. The summed E-state index contributed by atoms with van der Waals surface area (Å²) in [5, 5.41) is 22.2. The highest BCUT2D eigenvalue weighted by molar-refractivity contribution is 6.27. The van der Waals surface area contributed by atoms with E-state index in [4.69, 9.17) is 24.6 Å². The average Bonchev–Trinajstić information content (AvgIpc) is 2.73. The number of rotatable bonds is 7. The van der Waals surface area contributed by atoms with Gasteiger partial charge in [0.2, 0.25) is 5.91 Å². The van der Waals surface area contributed by atoms with E-state index in [2.05, 4.69) is 29.3 Å². The van der Waals surface area contributed by atoms with Crippen molar-refractivity contribution in [1.29, 1.82) is 0 Å². The molecule has 1 saturated heterocycles. The molecule has 10 heteroatoms. The SMILES string of the molecule is CN[C@@H](CC(C)C)C(=O)N1CCC(=NOCc2ccncc2)CC1.O=C(O)C(=O)O. The Morgan fingerprint density at radius 1 is 1.17 bits per heavy atom. The maximum atomic E-state index is 12.6. The minimum atomic E-state index is -1.82. The van der Waals surface area contributed by atoms with Crippen LogP contribution in [0.1, 0.15) is 38.7 Å². The second-order valence-electron chi connectivity index (χ2n) is 7.19. The Morgan fingerprint density at radius 2 is 1.73 bits per heavy atom. The van der Waals surface area contributed by atoms with Crippen molar-refractivity contribution >= 4 is 23.6 Å². The number of oxime groups is 1. The second-order valence-corrected chi connectivity index (χ2v) is 7.19. The number of hydrogen-bond acceptors (Lipinski definition) is 7. The second kappa shape index (κ2) is 13.3. The van der Waals surface area contributed by atoms with E-state index in [-0.39, 0.29) is 11.9 Å². The van der Waals surface area contributed by atoms with Crippen LogP contribution in [-0.4, -0.2) is 69.8 Å². The number of carbonyl (C=O) groups is 3. The smallest absolute Gasteiger partial charge is 0.414 e. The Kier molecular flexibility index (Phi) is 11.1. The van der Waals surface area contributed by atoms with Crippen molar-refractivity contribution in [3.63, 3.8) is 0 Å². The maximum absolute atomic E-state index is 12.6. The molecule has 2 heterocycles. The lowest BCUT2D eigenvalue weighted by atomic mass is 10.0. The lowest BCUT2D eigenvalue weighted by Crippen LogP contribution is -2.48. The summed E-state index contributed by atoms with van der Waals surface area (Å²) in [6.45, 7) is 6.15. The molecule has 0 unspecified atom stereocenters. The lowest BCUT2D eigenvalue weighted by Gasteiger charge is -2.31. The van der Waals surface area contributed by atoms with Crippen molar-refractivity contribution in [1.82, 2.24) is 15.2 Å². The van der Waals surface area contributed by atoms with E-state index >= 15 is 0 Å². The molecule has 0 aliphatic carbocycles. The summed E-state index contributed by atoms with van der Waals surface area (Å²) in [5.41, 5.74) is 2.07. The largest absolute Gasteiger partial charge is 0.473 e. The van der Waals surface area contributed by atoms with Crippen LogP contribution in [0.4, 0.5) is 0 Å². The molecule has 1 aliphatic rings. The summed E-state index contributed by atoms with van der Waals surface area (Å²) in [7, 11) is 1.86. The number of carboxylic acid groups (broad SMARTS) is 2. The first-order valence-electron chi connectivity index (χ1n) is 9.73. The number of pyridine rings is 1. The number of amides is 1. The topological polar surface area (TPSA) is 141 Å². The van der Waals surface area contributed by atoms with Crippen LogP contribution < -0.4 is 5.32 Å². The summed E-state index contributed by atoms with van der Waals surface area (Å²) in [6.07, 6.45) is 5.90. The van der Waals surface area contributed by atoms with E-state index in [1.807, 2.05) is 24.1 Å². The van der Waals surface area contributed by atoms with Crippen LogP contribution in [0.5, 0.6) is 0 Å². The fourth-order valence-electron chi connectivity index (χ4n) is 2.79. The molecule has 0 bridgehead atoms. The third-order valence-corrected chi connectivity index (χ3v) is 4.36. The maximum Gasteiger partial charge on any atom is 0.414 e. The summed E-state index contributed by atoms with van der Waals surface area (Å²) < 4.78 is 0. The third kappa shape index (κ3) is 9.46. The molecule has 1 amide bonds. The Balaban J connectivity index is 0.000000656. The van der Waals surface area contributed by atoms with Gasteiger partial charge in [0, 0.05) is 38.3 Å². The van der Waals surface area contributed by atoms with Crippen molar-refractivity contribution in [2.75, 3.05) is 20.1 Å². The van der Waals surface area contributed by atoms with Crippen molar-refractivity contribution in [2.24, 2.45) is 11.1 Å². The summed E-state index contributed by atoms with van der Waals surface area (Å²) >= 11 is 0. The Labute approximate surface area is 175 Å². The van der Waals surface area contributed by atoms with Crippen molar-refractivity contribution < 1.29 is 29.4 Å². The Morgan fingerprint density at radius 3 is 2.20 bits per heavy atom. The Hall–Kier alpha value is -3.01. The molecular weight excluding hydrogens is 392 g/mol. The van der Waals surface area contributed by atoms with Crippen LogP contribution in [-0.2, 0) is 25.8 Å². The first kappa shape index (κ1) is 25.0. The predicted octanol–water partition coefficient (Wildman–Crippen LogP) is 1.37. The van der Waals surface area contributed by atoms with Gasteiger partial charge in [-0.2, -0.15) is 0 Å². The molecule has 0 saturated carbocycles. The van der Waals surface area contributed by atoms with Gasteiger partial charge in [-0.15, -0.1) is 0 Å². The van der Waals surface area contributed by atoms with E-state index < -0.39 is 11.9 Å². The van der Waals surface area contributed by atoms with E-state index in [1.165, 1.54) is 0 Å². The first-order valence-corrected chi connectivity index (χ1v) is 9.73. The van der Waals surface area contributed by atoms with Crippen LogP contribution in [0.25, 0.3) is 0 Å². The summed E-state index contributed by atoms with van der Waals surface area (Å²) in [4.78, 5) is 42.1. The van der Waals surface area contributed by atoms with Gasteiger partial charge in [0.05, 0.1) is 11.8 Å². The van der Waals surface area contributed by atoms with E-state index in [0.717, 1.165) is 30.5 Å². The van der Waals surface area contributed by atoms with Crippen LogP contribution in [0, 0.1) is 5.92 Å². The van der Waals surface area contributed by atoms with Crippen molar-refractivity contribution in [2.45, 2.75) is 45.8 Å². The molecule has 0 radical (unpaired) electrons. The highest BCUT2D eigenvalue weighted by Gasteiger charge is 2.26. The number of nitrogens with one attached hydrogen (secondary N) is 1. The zero-order valence-electron chi connectivity index (χ0n) is 17.6. The number of carboxylic acids is 2. The fraction of sp³-hybridized carbons (Fsp3) is 0.550. The van der Waals surface area contributed by atoms with Crippen LogP contribution in [0.3, 0.4) is 0 Å². The predicted molar refractivity (Wildman–Crippen MR) is 110 cm³/mol. The molecular formula is C20H30N4O6. The molecule has 1 aromatic heterocycles. The number of likely N-dealkylation sites (N-methyl/N-ethyl adjacent to an activating group) is 1. The highest BCUT2D eigenvalue weighted by atomic mass is 16.6. The van der Waals surface area contributed by atoms with Gasteiger partial charge in [0.25, 0.3) is 0 Å². The molecule has 2 rings (SSSR count). The number of carbonyl (C=O) groups excluding carboxylic acids is 1. The van der Waals surface area contributed by atoms with Crippen molar-refractivity contribution in [3.05, 3.63) is 30.1 Å². The summed E-state index contributed by atoms with van der Waals surface area (Å²) in [5.74, 6) is -2.96. The van der Waals surface area contributed by atoms with E-state index in [0.29, 0.717) is 25.6 Å². The minimum Gasteiger partial charge on any atom is -0.473 e. The van der Waals surface area contributed by atoms with Gasteiger partial charge in [-0.05, 0) is 37.1 Å². The number of aliphatic carboxylic acids is 2. The van der Waals surface area contributed by atoms with Crippen molar-refractivity contribution in [3.8, 4) is 0 Å². The molecule has 1 aromatic rings. The molecule has 1 aliphatic heterocycles. The lowest BCUT2D eigenvalue weighted by molar-refractivity contribution is -0.159. The van der Waals surface area contributed by atoms with Gasteiger partial charge in [-0.3, -0.25) is 9.78 Å². The normalized spacial score (nSPS) is 14.4. The zero-order valence-corrected chi connectivity index (χ0v) is 17.6. The van der Waals surface area contributed by atoms with Gasteiger partial charge in [-0.1, -0.05) is 19.0 Å². The minimum absolute atomic E-state index is 0.0913. The molecule has 30 heavy (non-hydrogen) atoms. The zero-order chi connectivity index (χ0) is 22.5. The molecule has 10 nitrogen and oxygen atoms in total. The van der Waals surface area contributed by atoms with Crippen LogP contribution in [0.2, 0.25) is 0 Å². The van der Waals surface area contributed by atoms with E-state index in [9.17, 15) is 4.79 Å².